The van der Waals surface area contributed by atoms with E-state index in [9.17, 15) is 4.79 Å². The largest absolute Gasteiger partial charge is 1.00 e. The molecule has 0 aromatic carbocycles. The molecule has 0 N–H and O–H groups in total. The molecule has 1 rings (SSSR count). The molecule has 0 radical (unpaired) electrons. The molecule has 0 aliphatic heterocycles. The quantitative estimate of drug-likeness (QED) is 0.490. The molecular weight excluding hydrogens is 314 g/mol. The first-order chi connectivity index (χ1) is 6.22. The van der Waals surface area contributed by atoms with Crippen molar-refractivity contribution in [2.75, 3.05) is 6.61 Å². The lowest BCUT2D eigenvalue weighted by Gasteiger charge is -1.97. The van der Waals surface area contributed by atoms with E-state index in [-0.39, 0.29) is 29.5 Å². The van der Waals surface area contributed by atoms with Crippen molar-refractivity contribution in [2.45, 2.75) is 13.5 Å². The van der Waals surface area contributed by atoms with Crippen molar-refractivity contribution in [1.82, 2.24) is 0 Å². The number of ether oxygens (including phenoxy) is 1. The van der Waals surface area contributed by atoms with Crippen molar-refractivity contribution < 1.29 is 31.1 Å². The van der Waals surface area contributed by atoms with E-state index in [2.05, 4.69) is 15.9 Å². The molecule has 0 aliphatic rings. The number of rotatable bonds is 3. The van der Waals surface area contributed by atoms with E-state index in [0.29, 0.717) is 6.61 Å². The summed E-state index contributed by atoms with van der Waals surface area (Å²) in [5.41, 5.74) is 0. The van der Waals surface area contributed by atoms with E-state index in [1.807, 2.05) is 24.5 Å². The molecule has 0 fully saturated rings. The number of carbonyl (C=O) groups is 1. The minimum atomic E-state index is -0.217. The van der Waals surface area contributed by atoms with Crippen LogP contribution in [0.2, 0.25) is 0 Å². The molecule has 0 bridgehead atoms. The molecule has 0 aliphatic carbocycles. The van der Waals surface area contributed by atoms with E-state index < -0.39 is 0 Å². The van der Waals surface area contributed by atoms with Crippen LogP contribution in [0.3, 0.4) is 0 Å². The smallest absolute Gasteiger partial charge is 0.372 e. The summed E-state index contributed by atoms with van der Waals surface area (Å²) in [4.78, 5) is 11.1. The molecule has 0 saturated heterocycles. The van der Waals surface area contributed by atoms with Crippen molar-refractivity contribution >= 4 is 21.9 Å². The van der Waals surface area contributed by atoms with Crippen molar-refractivity contribution in [3.63, 3.8) is 0 Å². The summed E-state index contributed by atoms with van der Waals surface area (Å²) < 4.78 is 7.52. The van der Waals surface area contributed by atoms with Crippen LogP contribution in [0.5, 0.6) is 0 Å². The minimum Gasteiger partial charge on any atom is -1.00 e. The van der Waals surface area contributed by atoms with Gasteiger partial charge in [-0.05, 0) is 28.9 Å². The highest BCUT2D eigenvalue weighted by atomic mass is 79.9. The third kappa shape index (κ3) is 4.72. The molecular formula is C9H11Br2NO2. The lowest BCUT2D eigenvalue weighted by atomic mass is 10.5. The summed E-state index contributed by atoms with van der Waals surface area (Å²) in [6.07, 6.45) is 3.65. The Hall–Kier alpha value is -0.420. The van der Waals surface area contributed by atoms with Gasteiger partial charge in [-0.2, -0.15) is 4.57 Å². The number of esters is 1. The first-order valence-corrected chi connectivity index (χ1v) is 4.82. The number of hydrogen-bond acceptors (Lipinski definition) is 2. The first kappa shape index (κ1) is 13.6. The second kappa shape index (κ2) is 6.95. The van der Waals surface area contributed by atoms with Crippen LogP contribution < -0.4 is 21.5 Å². The number of nitrogens with zero attached hydrogens (tertiary/aromatic N) is 1. The Balaban J connectivity index is 0.00000169. The third-order valence-corrected chi connectivity index (χ3v) is 1.91. The predicted molar refractivity (Wildman–Crippen MR) is 51.0 cm³/mol. The van der Waals surface area contributed by atoms with E-state index >= 15 is 0 Å². The highest BCUT2D eigenvalue weighted by Gasteiger charge is 2.09. The van der Waals surface area contributed by atoms with Crippen LogP contribution in [-0.4, -0.2) is 12.6 Å². The van der Waals surface area contributed by atoms with E-state index in [4.69, 9.17) is 4.74 Å². The maximum absolute atomic E-state index is 11.1. The molecule has 14 heavy (non-hydrogen) atoms. The topological polar surface area (TPSA) is 30.2 Å². The molecule has 0 unspecified atom stereocenters. The number of pyridine rings is 1. The summed E-state index contributed by atoms with van der Waals surface area (Å²) in [6.45, 7) is 2.48. The zero-order valence-electron chi connectivity index (χ0n) is 7.74. The third-order valence-electron chi connectivity index (χ3n) is 1.44. The summed E-state index contributed by atoms with van der Waals surface area (Å²) in [5.74, 6) is -0.217. The zero-order chi connectivity index (χ0) is 9.68. The average molecular weight is 325 g/mol. The van der Waals surface area contributed by atoms with Gasteiger partial charge in [0.05, 0.1) is 11.1 Å². The highest BCUT2D eigenvalue weighted by molar-refractivity contribution is 9.10. The molecule has 0 saturated carbocycles. The minimum absolute atomic E-state index is 0. The van der Waals surface area contributed by atoms with Crippen LogP contribution in [0.4, 0.5) is 0 Å². The van der Waals surface area contributed by atoms with Gasteiger partial charge in [0.25, 0.3) is 0 Å². The average Bonchev–Trinajstić information content (AvgIpc) is 2.04. The van der Waals surface area contributed by atoms with Gasteiger partial charge in [-0.15, -0.1) is 0 Å². The molecule has 0 atom stereocenters. The van der Waals surface area contributed by atoms with Gasteiger partial charge in [0.15, 0.2) is 12.4 Å². The Labute approximate surface area is 102 Å². The van der Waals surface area contributed by atoms with Crippen molar-refractivity contribution in [1.29, 1.82) is 0 Å². The molecule has 1 aromatic rings. The second-order valence-corrected chi connectivity index (χ2v) is 3.42. The van der Waals surface area contributed by atoms with Gasteiger partial charge in [-0.1, -0.05) is 0 Å². The molecule has 5 heteroatoms. The van der Waals surface area contributed by atoms with Gasteiger partial charge >= 0.3 is 5.97 Å². The number of halogens is 2. The fraction of sp³-hybridized carbons (Fsp3) is 0.333. The summed E-state index contributed by atoms with van der Waals surface area (Å²) in [6, 6.07) is 3.77. The molecule has 1 aromatic heterocycles. The Bertz CT molecular complexity index is 305. The standard InChI is InChI=1S/C9H11BrNO2.BrH/c1-2-13-9(12)7-11-5-3-4-8(10)6-11;/h3-6H,2,7H2,1H3;1H/q+1;/p-1. The second-order valence-electron chi connectivity index (χ2n) is 2.50. The van der Waals surface area contributed by atoms with Crippen LogP contribution in [0.1, 0.15) is 6.92 Å². The van der Waals surface area contributed by atoms with Gasteiger partial charge in [0.1, 0.15) is 0 Å². The van der Waals surface area contributed by atoms with Gasteiger partial charge < -0.3 is 21.7 Å². The summed E-state index contributed by atoms with van der Waals surface area (Å²) in [7, 11) is 0. The molecule has 3 nitrogen and oxygen atoms in total. The number of hydrogen-bond donors (Lipinski definition) is 0. The normalized spacial score (nSPS) is 9.00. The van der Waals surface area contributed by atoms with E-state index in [0.717, 1.165) is 4.47 Å². The van der Waals surface area contributed by atoms with E-state index in [1.165, 1.54) is 0 Å². The van der Waals surface area contributed by atoms with Crippen LogP contribution in [0, 0.1) is 0 Å². The Morgan fingerprint density at radius 2 is 2.36 bits per heavy atom. The predicted octanol–water partition coefficient (Wildman–Crippen LogP) is -1.70. The molecule has 0 spiro atoms. The zero-order valence-corrected chi connectivity index (χ0v) is 10.9. The maximum Gasteiger partial charge on any atom is 0.372 e. The van der Waals surface area contributed by atoms with Gasteiger partial charge in [0.2, 0.25) is 6.54 Å². The lowest BCUT2D eigenvalue weighted by molar-refractivity contribution is -0.686. The van der Waals surface area contributed by atoms with Crippen LogP contribution in [-0.2, 0) is 16.1 Å². The monoisotopic (exact) mass is 323 g/mol. The fourth-order valence-corrected chi connectivity index (χ4v) is 1.36. The van der Waals surface area contributed by atoms with Crippen molar-refractivity contribution in [3.05, 3.63) is 29.0 Å². The van der Waals surface area contributed by atoms with Crippen LogP contribution in [0.15, 0.2) is 29.0 Å². The van der Waals surface area contributed by atoms with Crippen molar-refractivity contribution in [2.24, 2.45) is 0 Å². The summed E-state index contributed by atoms with van der Waals surface area (Å²) >= 11 is 3.32. The fourth-order valence-electron chi connectivity index (χ4n) is 0.944. The Morgan fingerprint density at radius 3 is 2.93 bits per heavy atom. The Kier molecular flexibility index (Phi) is 6.74. The number of carbonyl (C=O) groups excluding carboxylic acids is 1. The molecule has 1 heterocycles. The molecule has 0 amide bonds. The van der Waals surface area contributed by atoms with Gasteiger partial charge in [0, 0.05) is 6.07 Å². The number of aromatic nitrogens is 1. The maximum atomic E-state index is 11.1. The first-order valence-electron chi connectivity index (χ1n) is 4.02. The van der Waals surface area contributed by atoms with E-state index in [1.54, 1.807) is 11.5 Å². The highest BCUT2D eigenvalue weighted by Crippen LogP contribution is 2.02. The lowest BCUT2D eigenvalue weighted by Crippen LogP contribution is -3.00. The molecule has 78 valence electrons. The van der Waals surface area contributed by atoms with Crippen molar-refractivity contribution in [3.8, 4) is 0 Å². The van der Waals surface area contributed by atoms with Gasteiger partial charge in [-0.25, -0.2) is 4.79 Å². The summed E-state index contributed by atoms with van der Waals surface area (Å²) in [5, 5.41) is 0. The van der Waals surface area contributed by atoms with Gasteiger partial charge in [-0.3, -0.25) is 0 Å². The van der Waals surface area contributed by atoms with Crippen LogP contribution in [0.25, 0.3) is 0 Å². The SMILES string of the molecule is CCOC(=O)C[n+]1cccc(Br)c1.[Br-]. The Morgan fingerprint density at radius 1 is 1.64 bits per heavy atom. The van der Waals surface area contributed by atoms with Crippen LogP contribution >= 0.6 is 15.9 Å².